The van der Waals surface area contributed by atoms with E-state index < -0.39 is 0 Å². The molecule has 6 nitrogen and oxygen atoms in total. The number of rotatable bonds is 4. The third kappa shape index (κ3) is 3.93. The lowest BCUT2D eigenvalue weighted by Crippen LogP contribution is -2.48. The molecule has 1 aliphatic carbocycles. The van der Waals surface area contributed by atoms with Gasteiger partial charge in [0, 0.05) is 32.1 Å². The summed E-state index contributed by atoms with van der Waals surface area (Å²) in [6.45, 7) is 2.96. The first kappa shape index (κ1) is 18.2. The maximum atomic E-state index is 12.8. The zero-order chi connectivity index (χ0) is 18.6. The van der Waals surface area contributed by atoms with Crippen molar-refractivity contribution >= 4 is 22.4 Å². The fraction of sp³-hybridized carbons (Fsp3) is 0.550. The Balaban J connectivity index is 1.37. The highest BCUT2D eigenvalue weighted by Crippen LogP contribution is 2.36. The molecule has 2 heterocycles. The molecule has 27 heavy (non-hydrogen) atoms. The van der Waals surface area contributed by atoms with Crippen molar-refractivity contribution < 1.29 is 9.53 Å². The molecule has 1 aromatic carbocycles. The molecule has 4 rings (SSSR count). The summed E-state index contributed by atoms with van der Waals surface area (Å²) in [5, 5.41) is 11.1. The summed E-state index contributed by atoms with van der Waals surface area (Å²) >= 11 is 1.74. The van der Waals surface area contributed by atoms with Crippen molar-refractivity contribution in [2.45, 2.75) is 38.0 Å². The van der Waals surface area contributed by atoms with Crippen LogP contribution in [-0.2, 0) is 0 Å². The first-order valence-electron chi connectivity index (χ1n) is 9.77. The van der Waals surface area contributed by atoms with Crippen LogP contribution >= 0.6 is 11.3 Å². The van der Waals surface area contributed by atoms with E-state index in [1.54, 1.807) is 18.4 Å². The monoisotopic (exact) mass is 386 g/mol. The van der Waals surface area contributed by atoms with Gasteiger partial charge in [-0.05, 0) is 25.0 Å². The molecule has 1 aliphatic heterocycles. The number of para-hydroxylation sites is 1. The van der Waals surface area contributed by atoms with Crippen molar-refractivity contribution in [1.82, 2.24) is 15.1 Å². The SMILES string of the molecule is COc1ccccc1C(=O)N1CCN(c2nnc(C3CCCCC3)s2)CC1. The van der Waals surface area contributed by atoms with Crippen LogP contribution in [0.25, 0.3) is 0 Å². The van der Waals surface area contributed by atoms with Gasteiger partial charge in [0.2, 0.25) is 5.13 Å². The van der Waals surface area contributed by atoms with E-state index in [9.17, 15) is 4.79 Å². The van der Waals surface area contributed by atoms with Crippen LogP contribution in [0.5, 0.6) is 5.75 Å². The molecule has 1 saturated carbocycles. The number of aromatic nitrogens is 2. The average molecular weight is 387 g/mol. The fourth-order valence-corrected chi connectivity index (χ4v) is 5.03. The molecule has 0 radical (unpaired) electrons. The molecule has 1 amide bonds. The summed E-state index contributed by atoms with van der Waals surface area (Å²) in [7, 11) is 1.60. The predicted molar refractivity (Wildman–Crippen MR) is 107 cm³/mol. The summed E-state index contributed by atoms with van der Waals surface area (Å²) in [6.07, 6.45) is 6.46. The third-order valence-corrected chi connectivity index (χ3v) is 6.71. The van der Waals surface area contributed by atoms with Gasteiger partial charge >= 0.3 is 0 Å². The van der Waals surface area contributed by atoms with Crippen LogP contribution < -0.4 is 9.64 Å². The highest BCUT2D eigenvalue weighted by atomic mass is 32.1. The number of hydrogen-bond acceptors (Lipinski definition) is 6. The van der Waals surface area contributed by atoms with Crippen LogP contribution in [0.15, 0.2) is 24.3 Å². The number of benzene rings is 1. The normalized spacial score (nSPS) is 18.6. The molecule has 0 N–H and O–H groups in total. The highest BCUT2D eigenvalue weighted by Gasteiger charge is 2.27. The Morgan fingerprint density at radius 3 is 2.56 bits per heavy atom. The van der Waals surface area contributed by atoms with Gasteiger partial charge in [0.25, 0.3) is 5.91 Å². The molecule has 7 heteroatoms. The first-order chi connectivity index (χ1) is 13.3. The molecule has 0 bridgehead atoms. The predicted octanol–water partition coefficient (Wildman–Crippen LogP) is 3.56. The van der Waals surface area contributed by atoms with Gasteiger partial charge in [-0.1, -0.05) is 42.7 Å². The Kier molecular flexibility index (Phi) is 5.57. The third-order valence-electron chi connectivity index (χ3n) is 5.56. The van der Waals surface area contributed by atoms with E-state index in [2.05, 4.69) is 15.1 Å². The molecule has 2 aromatic rings. The molecular formula is C20H26N4O2S. The number of carbonyl (C=O) groups is 1. The quantitative estimate of drug-likeness (QED) is 0.804. The van der Waals surface area contributed by atoms with E-state index in [0.717, 1.165) is 18.2 Å². The van der Waals surface area contributed by atoms with Crippen molar-refractivity contribution in [1.29, 1.82) is 0 Å². The van der Waals surface area contributed by atoms with Crippen LogP contribution in [0.4, 0.5) is 5.13 Å². The van der Waals surface area contributed by atoms with Crippen LogP contribution in [-0.4, -0.2) is 54.3 Å². The second-order valence-electron chi connectivity index (χ2n) is 7.24. The average Bonchev–Trinajstić information content (AvgIpc) is 3.24. The number of anilines is 1. The Hall–Kier alpha value is -2.15. The number of nitrogens with zero attached hydrogens (tertiary/aromatic N) is 4. The molecule has 0 atom stereocenters. The van der Waals surface area contributed by atoms with Crippen LogP contribution in [0.3, 0.4) is 0 Å². The molecule has 0 spiro atoms. The Labute approximate surface area is 164 Å². The zero-order valence-corrected chi connectivity index (χ0v) is 16.6. The lowest BCUT2D eigenvalue weighted by atomic mass is 9.90. The van der Waals surface area contributed by atoms with Gasteiger partial charge in [-0.2, -0.15) is 0 Å². The second-order valence-corrected chi connectivity index (χ2v) is 8.22. The van der Waals surface area contributed by atoms with Crippen LogP contribution in [0.1, 0.15) is 53.4 Å². The fourth-order valence-electron chi connectivity index (χ4n) is 3.96. The lowest BCUT2D eigenvalue weighted by Gasteiger charge is -2.34. The largest absolute Gasteiger partial charge is 0.496 e. The van der Waals surface area contributed by atoms with Gasteiger partial charge in [0.05, 0.1) is 12.7 Å². The van der Waals surface area contributed by atoms with E-state index in [4.69, 9.17) is 4.74 Å². The summed E-state index contributed by atoms with van der Waals surface area (Å²) in [4.78, 5) is 17.0. The summed E-state index contributed by atoms with van der Waals surface area (Å²) < 4.78 is 5.33. The number of methoxy groups -OCH3 is 1. The number of piperazine rings is 1. The molecule has 2 aliphatic rings. The molecule has 0 unspecified atom stereocenters. The minimum Gasteiger partial charge on any atom is -0.496 e. The van der Waals surface area contributed by atoms with Crippen molar-refractivity contribution in [3.05, 3.63) is 34.8 Å². The standard InChI is InChI=1S/C20H26N4O2S/c1-26-17-10-6-5-9-16(17)19(25)23-11-13-24(14-12-23)20-22-21-18(27-20)15-7-3-2-4-8-15/h5-6,9-10,15H,2-4,7-8,11-14H2,1H3. The smallest absolute Gasteiger partial charge is 0.257 e. The molecule has 2 fully saturated rings. The highest BCUT2D eigenvalue weighted by molar-refractivity contribution is 7.15. The van der Waals surface area contributed by atoms with Crippen LogP contribution in [0, 0.1) is 0 Å². The number of hydrogen-bond donors (Lipinski definition) is 0. The van der Waals surface area contributed by atoms with E-state index in [1.165, 1.54) is 37.1 Å². The van der Waals surface area contributed by atoms with E-state index in [1.807, 2.05) is 29.2 Å². The van der Waals surface area contributed by atoms with Gasteiger partial charge in [-0.15, -0.1) is 10.2 Å². The topological polar surface area (TPSA) is 58.6 Å². The number of amides is 1. The molecule has 1 aromatic heterocycles. The van der Waals surface area contributed by atoms with Gasteiger partial charge in [-0.3, -0.25) is 4.79 Å². The Morgan fingerprint density at radius 2 is 1.81 bits per heavy atom. The van der Waals surface area contributed by atoms with Crippen molar-refractivity contribution in [2.24, 2.45) is 0 Å². The first-order valence-corrected chi connectivity index (χ1v) is 10.6. The number of carbonyl (C=O) groups excluding carboxylic acids is 1. The van der Waals surface area contributed by atoms with Crippen molar-refractivity contribution in [2.75, 3.05) is 38.2 Å². The second kappa shape index (κ2) is 8.25. The van der Waals surface area contributed by atoms with Gasteiger partial charge in [-0.25, -0.2) is 0 Å². The van der Waals surface area contributed by atoms with Gasteiger partial charge in [0.15, 0.2) is 0 Å². The van der Waals surface area contributed by atoms with E-state index in [0.29, 0.717) is 30.3 Å². The maximum absolute atomic E-state index is 12.8. The summed E-state index contributed by atoms with van der Waals surface area (Å²) in [6, 6.07) is 7.42. The van der Waals surface area contributed by atoms with Crippen molar-refractivity contribution in [3.63, 3.8) is 0 Å². The van der Waals surface area contributed by atoms with E-state index in [-0.39, 0.29) is 5.91 Å². The van der Waals surface area contributed by atoms with E-state index >= 15 is 0 Å². The lowest BCUT2D eigenvalue weighted by molar-refractivity contribution is 0.0743. The zero-order valence-electron chi connectivity index (χ0n) is 15.8. The minimum atomic E-state index is 0.0345. The minimum absolute atomic E-state index is 0.0345. The maximum Gasteiger partial charge on any atom is 0.257 e. The summed E-state index contributed by atoms with van der Waals surface area (Å²) in [5.74, 6) is 1.26. The summed E-state index contributed by atoms with van der Waals surface area (Å²) in [5.41, 5.74) is 0.629. The van der Waals surface area contributed by atoms with Gasteiger partial charge < -0.3 is 14.5 Å². The number of ether oxygens (including phenoxy) is 1. The molecule has 144 valence electrons. The molecule has 1 saturated heterocycles. The van der Waals surface area contributed by atoms with Gasteiger partial charge in [0.1, 0.15) is 10.8 Å². The molecular weight excluding hydrogens is 360 g/mol. The Bertz CT molecular complexity index is 780. The van der Waals surface area contributed by atoms with Crippen LogP contribution in [0.2, 0.25) is 0 Å². The Morgan fingerprint density at radius 1 is 1.07 bits per heavy atom. The van der Waals surface area contributed by atoms with Crippen molar-refractivity contribution in [3.8, 4) is 5.75 Å².